The smallest absolute Gasteiger partial charge is 0.407 e. The number of H-pyrrole nitrogens is 1. The van der Waals surface area contributed by atoms with Gasteiger partial charge in [-0.15, -0.1) is 0 Å². The highest BCUT2D eigenvalue weighted by Gasteiger charge is 2.34. The van der Waals surface area contributed by atoms with Crippen LogP contribution in [0.4, 0.5) is 4.79 Å². The first-order valence-corrected chi connectivity index (χ1v) is 14.6. The Labute approximate surface area is 236 Å². The molecular weight excluding hydrogens is 508 g/mol. The second kappa shape index (κ2) is 13.4. The minimum absolute atomic E-state index is 0.0516. The third kappa shape index (κ3) is 7.48. The first kappa shape index (κ1) is 29.7. The summed E-state index contributed by atoms with van der Waals surface area (Å²) in [6, 6.07) is 8.12. The summed E-state index contributed by atoms with van der Waals surface area (Å²) in [6.45, 7) is 11.0. The van der Waals surface area contributed by atoms with Crippen molar-refractivity contribution in [2.24, 2.45) is 0 Å². The van der Waals surface area contributed by atoms with Crippen molar-refractivity contribution in [1.82, 2.24) is 30.6 Å². The second-order valence-corrected chi connectivity index (χ2v) is 11.9. The third-order valence-electron chi connectivity index (χ3n) is 7.89. The quantitative estimate of drug-likeness (QED) is 0.459. The minimum Gasteiger partial charge on any atom is -0.465 e. The van der Waals surface area contributed by atoms with Gasteiger partial charge in [0.2, 0.25) is 0 Å². The molecule has 0 spiro atoms. The van der Waals surface area contributed by atoms with Gasteiger partial charge in [-0.1, -0.05) is 12.1 Å². The van der Waals surface area contributed by atoms with Gasteiger partial charge in [0.05, 0.1) is 5.69 Å². The van der Waals surface area contributed by atoms with Crippen LogP contribution in [0, 0.1) is 0 Å². The second-order valence-electron chi connectivity index (χ2n) is 11.9. The van der Waals surface area contributed by atoms with E-state index in [1.165, 1.54) is 4.90 Å². The zero-order valence-electron chi connectivity index (χ0n) is 24.1. The van der Waals surface area contributed by atoms with Crippen LogP contribution in [0.5, 0.6) is 0 Å². The van der Waals surface area contributed by atoms with Gasteiger partial charge < -0.3 is 25.5 Å². The number of benzene rings is 1. The highest BCUT2D eigenvalue weighted by atomic mass is 16.4. The van der Waals surface area contributed by atoms with Gasteiger partial charge in [0.25, 0.3) is 11.5 Å². The normalized spacial score (nSPS) is 19.2. The van der Waals surface area contributed by atoms with E-state index in [0.717, 1.165) is 92.7 Å². The van der Waals surface area contributed by atoms with E-state index in [2.05, 4.69) is 46.5 Å². The van der Waals surface area contributed by atoms with Gasteiger partial charge >= 0.3 is 6.09 Å². The molecule has 2 fully saturated rings. The number of carboxylic acid groups (broad SMARTS) is 1. The summed E-state index contributed by atoms with van der Waals surface area (Å²) in [5.41, 5.74) is 4.40. The van der Waals surface area contributed by atoms with Crippen LogP contribution >= 0.6 is 0 Å². The van der Waals surface area contributed by atoms with Crippen LogP contribution in [-0.4, -0.2) is 88.0 Å². The largest absolute Gasteiger partial charge is 0.465 e. The highest BCUT2D eigenvalue weighted by molar-refractivity contribution is 5.95. The fraction of sp³-hybridized carbons (Fsp3) is 0.600. The lowest BCUT2D eigenvalue weighted by atomic mass is 9.90. The molecule has 40 heavy (non-hydrogen) atoms. The van der Waals surface area contributed by atoms with Crippen LogP contribution in [0.15, 0.2) is 29.1 Å². The van der Waals surface area contributed by atoms with E-state index >= 15 is 0 Å². The van der Waals surface area contributed by atoms with Crippen molar-refractivity contribution in [2.45, 2.75) is 77.3 Å². The Morgan fingerprint density at radius 2 is 1.77 bits per heavy atom. The van der Waals surface area contributed by atoms with E-state index in [9.17, 15) is 14.4 Å². The summed E-state index contributed by atoms with van der Waals surface area (Å²) in [5, 5.41) is 22.0. The van der Waals surface area contributed by atoms with Gasteiger partial charge in [0, 0.05) is 61.9 Å². The van der Waals surface area contributed by atoms with Gasteiger partial charge in [-0.05, 0) is 89.1 Å². The van der Waals surface area contributed by atoms with Crippen molar-refractivity contribution in [2.75, 3.05) is 39.3 Å². The predicted molar refractivity (Wildman–Crippen MR) is 155 cm³/mol. The van der Waals surface area contributed by atoms with Crippen molar-refractivity contribution in [1.29, 1.82) is 0 Å². The molecule has 3 heterocycles. The molecule has 4 N–H and O–H groups in total. The van der Waals surface area contributed by atoms with E-state index in [1.54, 1.807) is 0 Å². The summed E-state index contributed by atoms with van der Waals surface area (Å²) < 4.78 is 0. The maximum atomic E-state index is 13.6. The molecule has 0 saturated carbocycles. The molecule has 0 radical (unpaired) electrons. The van der Waals surface area contributed by atoms with E-state index in [4.69, 9.17) is 5.11 Å². The number of rotatable bonds is 4. The summed E-state index contributed by atoms with van der Waals surface area (Å²) in [6.07, 6.45) is 5.83. The summed E-state index contributed by atoms with van der Waals surface area (Å²) in [7, 11) is 0. The number of hydrogen-bond donors (Lipinski definition) is 4. The Hall–Kier alpha value is -3.24. The van der Waals surface area contributed by atoms with E-state index < -0.39 is 6.09 Å². The summed E-state index contributed by atoms with van der Waals surface area (Å²) in [5.74, 6) is 0.0829. The number of piperazine rings is 1. The lowest BCUT2D eigenvalue weighted by Crippen LogP contribution is -2.56. The molecule has 3 aliphatic rings. The number of fused-ring (bicyclic) bond motifs is 1. The number of amides is 2. The molecule has 1 atom stereocenters. The van der Waals surface area contributed by atoms with Crippen molar-refractivity contribution in [3.05, 3.63) is 62.6 Å². The van der Waals surface area contributed by atoms with Gasteiger partial charge in [-0.2, -0.15) is 5.10 Å². The molecule has 1 aromatic heterocycles. The van der Waals surface area contributed by atoms with Gasteiger partial charge in [0.1, 0.15) is 0 Å². The zero-order chi connectivity index (χ0) is 28.7. The predicted octanol–water partition coefficient (Wildman–Crippen LogP) is 2.80. The third-order valence-corrected chi connectivity index (χ3v) is 7.89. The molecular formula is C30H44N6O4. The Morgan fingerprint density at radius 1 is 1.05 bits per heavy atom. The SMILES string of the molecule is CC(C)(C)N(C(=O)c1cccc(Cc2n[nH]c(=O)c3c2CCCC3)c1)C1CCCNC1.O=C(O)N1CCNCC1. The fourth-order valence-corrected chi connectivity index (χ4v) is 5.95. The van der Waals surface area contributed by atoms with Crippen LogP contribution in [0.25, 0.3) is 0 Å². The molecule has 1 aliphatic carbocycles. The van der Waals surface area contributed by atoms with Gasteiger partial charge in [-0.3, -0.25) is 9.59 Å². The Kier molecular flexibility index (Phi) is 9.97. The van der Waals surface area contributed by atoms with Gasteiger partial charge in [-0.25, -0.2) is 9.89 Å². The van der Waals surface area contributed by atoms with Crippen molar-refractivity contribution in [3.8, 4) is 0 Å². The Morgan fingerprint density at radius 3 is 2.40 bits per heavy atom. The average molecular weight is 553 g/mol. The molecule has 2 saturated heterocycles. The van der Waals surface area contributed by atoms with Crippen molar-refractivity contribution < 1.29 is 14.7 Å². The van der Waals surface area contributed by atoms with Crippen LogP contribution < -0.4 is 16.2 Å². The lowest BCUT2D eigenvalue weighted by molar-refractivity contribution is 0.0391. The Balaban J connectivity index is 0.000000350. The number of carbonyl (C=O) groups is 2. The first-order chi connectivity index (χ1) is 19.1. The molecule has 10 heteroatoms. The van der Waals surface area contributed by atoms with E-state index in [0.29, 0.717) is 19.5 Å². The average Bonchev–Trinajstić information content (AvgIpc) is 2.95. The summed E-state index contributed by atoms with van der Waals surface area (Å²) in [4.78, 5) is 39.5. The molecule has 1 aromatic carbocycles. The topological polar surface area (TPSA) is 131 Å². The lowest BCUT2D eigenvalue weighted by Gasteiger charge is -2.43. The number of hydrogen-bond acceptors (Lipinski definition) is 6. The molecule has 2 aliphatic heterocycles. The fourth-order valence-electron chi connectivity index (χ4n) is 5.95. The highest BCUT2D eigenvalue weighted by Crippen LogP contribution is 2.26. The molecule has 1 unspecified atom stereocenters. The molecule has 10 nitrogen and oxygen atoms in total. The standard InChI is InChI=1S/C25H34N4O2.C5H10N2O2/c1-25(2,3)29(19-10-7-13-26-16-19)24(31)18-9-6-8-17(14-18)15-22-20-11-4-5-12-21(20)23(30)28-27-22;8-5(9)7-3-1-6-2-4-7/h6,8-9,14,19,26H,4-5,7,10-13,15-16H2,1-3H3,(H,28,30);6H,1-4H2,(H,8,9). The van der Waals surface area contributed by atoms with Crippen LogP contribution in [0.2, 0.25) is 0 Å². The number of piperidine rings is 1. The number of carbonyl (C=O) groups excluding carboxylic acids is 1. The van der Waals surface area contributed by atoms with Crippen LogP contribution in [0.3, 0.4) is 0 Å². The first-order valence-electron chi connectivity index (χ1n) is 14.6. The number of aromatic amines is 1. The van der Waals surface area contributed by atoms with Gasteiger partial charge in [0.15, 0.2) is 0 Å². The molecule has 2 amide bonds. The minimum atomic E-state index is -0.809. The number of nitrogens with one attached hydrogen (secondary N) is 3. The monoisotopic (exact) mass is 552 g/mol. The van der Waals surface area contributed by atoms with Crippen molar-refractivity contribution >= 4 is 12.0 Å². The van der Waals surface area contributed by atoms with E-state index in [1.807, 2.05) is 24.3 Å². The van der Waals surface area contributed by atoms with Crippen LogP contribution in [-0.2, 0) is 19.3 Å². The summed E-state index contributed by atoms with van der Waals surface area (Å²) >= 11 is 0. The number of nitrogens with zero attached hydrogens (tertiary/aromatic N) is 3. The van der Waals surface area contributed by atoms with Crippen molar-refractivity contribution in [3.63, 3.8) is 0 Å². The number of aromatic nitrogens is 2. The molecule has 0 bridgehead atoms. The van der Waals surface area contributed by atoms with E-state index in [-0.39, 0.29) is 23.0 Å². The molecule has 2 aromatic rings. The Bertz CT molecular complexity index is 1230. The van der Waals surface area contributed by atoms with Crippen LogP contribution in [0.1, 0.15) is 79.2 Å². The zero-order valence-corrected chi connectivity index (χ0v) is 24.1. The molecule has 218 valence electrons. The molecule has 5 rings (SSSR count). The maximum Gasteiger partial charge on any atom is 0.407 e. The maximum absolute atomic E-state index is 13.6.